The van der Waals surface area contributed by atoms with E-state index in [1.807, 2.05) is 24.3 Å². The smallest absolute Gasteiger partial charge is 0.231 e. The van der Waals surface area contributed by atoms with Gasteiger partial charge in [0.2, 0.25) is 6.79 Å². The first-order valence-corrected chi connectivity index (χ1v) is 8.14. The van der Waals surface area contributed by atoms with Crippen molar-refractivity contribution in [3.05, 3.63) is 58.8 Å². The van der Waals surface area contributed by atoms with Gasteiger partial charge in [-0.3, -0.25) is 0 Å². The highest BCUT2D eigenvalue weighted by Crippen LogP contribution is 2.35. The summed E-state index contributed by atoms with van der Waals surface area (Å²) in [5.74, 6) is 2.69. The molecule has 0 unspecified atom stereocenters. The maximum atomic E-state index is 6.03. The fourth-order valence-corrected chi connectivity index (χ4v) is 2.64. The molecular formula is C17H12Cl2N4O2. The Morgan fingerprint density at radius 3 is 2.20 bits per heavy atom. The number of fused-ring (bicyclic) bond motifs is 1. The standard InChI is InChI=1S/C17H12Cl2N4O2/c18-12-3-1-10(5-13(12)19)22-16-7-17(21-8-20-16)23-11-2-4-14-15(6-11)25-9-24-14/h1-8H,9H2,(H2,20,21,22,23). The van der Waals surface area contributed by atoms with E-state index in [1.54, 1.807) is 18.2 Å². The largest absolute Gasteiger partial charge is 0.454 e. The lowest BCUT2D eigenvalue weighted by Gasteiger charge is -2.09. The van der Waals surface area contributed by atoms with Gasteiger partial charge in [-0.15, -0.1) is 0 Å². The molecule has 1 aliphatic heterocycles. The Kier molecular flexibility index (Phi) is 4.21. The summed E-state index contributed by atoms with van der Waals surface area (Å²) in [4.78, 5) is 8.42. The first kappa shape index (κ1) is 15.8. The summed E-state index contributed by atoms with van der Waals surface area (Å²) in [5.41, 5.74) is 1.62. The van der Waals surface area contributed by atoms with Gasteiger partial charge < -0.3 is 20.1 Å². The number of halogens is 2. The Morgan fingerprint density at radius 2 is 1.44 bits per heavy atom. The summed E-state index contributed by atoms with van der Waals surface area (Å²) in [5, 5.41) is 7.34. The fourth-order valence-electron chi connectivity index (χ4n) is 2.34. The van der Waals surface area contributed by atoms with Gasteiger partial charge in [-0.25, -0.2) is 9.97 Å². The molecule has 2 aromatic carbocycles. The summed E-state index contributed by atoms with van der Waals surface area (Å²) >= 11 is 12.0. The minimum atomic E-state index is 0.240. The maximum absolute atomic E-state index is 6.03. The molecule has 0 aliphatic carbocycles. The third-order valence-electron chi connectivity index (χ3n) is 3.50. The van der Waals surface area contributed by atoms with Gasteiger partial charge in [0.1, 0.15) is 18.0 Å². The Bertz CT molecular complexity index is 936. The van der Waals surface area contributed by atoms with Crippen LogP contribution in [0.2, 0.25) is 10.0 Å². The van der Waals surface area contributed by atoms with Crippen molar-refractivity contribution >= 4 is 46.2 Å². The zero-order chi connectivity index (χ0) is 17.2. The van der Waals surface area contributed by atoms with E-state index in [0.29, 0.717) is 27.4 Å². The van der Waals surface area contributed by atoms with Crippen molar-refractivity contribution < 1.29 is 9.47 Å². The lowest BCUT2D eigenvalue weighted by molar-refractivity contribution is 0.174. The van der Waals surface area contributed by atoms with E-state index in [2.05, 4.69) is 20.6 Å². The van der Waals surface area contributed by atoms with E-state index >= 15 is 0 Å². The van der Waals surface area contributed by atoms with Gasteiger partial charge in [0.05, 0.1) is 10.0 Å². The van der Waals surface area contributed by atoms with Crippen LogP contribution in [0.4, 0.5) is 23.0 Å². The van der Waals surface area contributed by atoms with Crippen LogP contribution in [0.5, 0.6) is 11.5 Å². The highest BCUT2D eigenvalue weighted by atomic mass is 35.5. The number of hydrogen-bond donors (Lipinski definition) is 2. The Morgan fingerprint density at radius 1 is 0.760 bits per heavy atom. The van der Waals surface area contributed by atoms with Crippen LogP contribution in [-0.2, 0) is 0 Å². The molecule has 1 aromatic heterocycles. The molecule has 1 aliphatic rings. The summed E-state index contributed by atoms with van der Waals surface area (Å²) in [7, 11) is 0. The molecule has 4 rings (SSSR count). The topological polar surface area (TPSA) is 68.3 Å². The number of anilines is 4. The van der Waals surface area contributed by atoms with Gasteiger partial charge in [-0.2, -0.15) is 0 Å². The molecule has 0 amide bonds. The molecule has 0 saturated heterocycles. The normalized spacial score (nSPS) is 12.1. The Balaban J connectivity index is 1.52. The molecule has 25 heavy (non-hydrogen) atoms. The second kappa shape index (κ2) is 6.66. The highest BCUT2D eigenvalue weighted by molar-refractivity contribution is 6.42. The van der Waals surface area contributed by atoms with Crippen molar-refractivity contribution in [1.82, 2.24) is 9.97 Å². The monoisotopic (exact) mass is 374 g/mol. The van der Waals surface area contributed by atoms with Gasteiger partial charge in [-0.1, -0.05) is 23.2 Å². The number of nitrogens with zero attached hydrogens (tertiary/aromatic N) is 2. The van der Waals surface area contributed by atoms with Crippen molar-refractivity contribution in [2.45, 2.75) is 0 Å². The number of rotatable bonds is 4. The number of benzene rings is 2. The molecule has 0 radical (unpaired) electrons. The molecule has 0 bridgehead atoms. The fraction of sp³-hybridized carbons (Fsp3) is 0.0588. The number of ether oxygens (including phenoxy) is 2. The van der Waals surface area contributed by atoms with E-state index in [4.69, 9.17) is 32.7 Å². The van der Waals surface area contributed by atoms with Crippen molar-refractivity contribution in [1.29, 1.82) is 0 Å². The molecule has 0 spiro atoms. The van der Waals surface area contributed by atoms with Crippen LogP contribution in [0, 0.1) is 0 Å². The molecular weight excluding hydrogens is 363 g/mol. The van der Waals surface area contributed by atoms with Crippen molar-refractivity contribution in [2.75, 3.05) is 17.4 Å². The van der Waals surface area contributed by atoms with Crippen LogP contribution in [0.15, 0.2) is 48.8 Å². The zero-order valence-electron chi connectivity index (χ0n) is 12.8. The lowest BCUT2D eigenvalue weighted by atomic mass is 10.2. The average Bonchev–Trinajstić information content (AvgIpc) is 3.06. The number of hydrogen-bond acceptors (Lipinski definition) is 6. The summed E-state index contributed by atoms with van der Waals surface area (Å²) in [6, 6.07) is 12.7. The van der Waals surface area contributed by atoms with Gasteiger partial charge in [0.15, 0.2) is 11.5 Å². The van der Waals surface area contributed by atoms with Crippen LogP contribution >= 0.6 is 23.2 Å². The summed E-state index contributed by atoms with van der Waals surface area (Å²) in [6.07, 6.45) is 1.47. The second-order valence-corrected chi connectivity index (χ2v) is 6.05. The van der Waals surface area contributed by atoms with Gasteiger partial charge in [0, 0.05) is 23.5 Å². The molecule has 2 heterocycles. The number of aromatic nitrogens is 2. The Labute approximate surface area is 153 Å². The number of nitrogens with one attached hydrogen (secondary N) is 2. The molecule has 126 valence electrons. The lowest BCUT2D eigenvalue weighted by Crippen LogP contribution is -1.98. The van der Waals surface area contributed by atoms with Crippen molar-refractivity contribution in [3.63, 3.8) is 0 Å². The Hall–Kier alpha value is -2.70. The molecule has 0 fully saturated rings. The van der Waals surface area contributed by atoms with Crippen LogP contribution < -0.4 is 20.1 Å². The predicted octanol–water partition coefficient (Wildman–Crippen LogP) is 5.00. The van der Waals surface area contributed by atoms with Gasteiger partial charge >= 0.3 is 0 Å². The molecule has 2 N–H and O–H groups in total. The van der Waals surface area contributed by atoms with E-state index in [1.165, 1.54) is 6.33 Å². The van der Waals surface area contributed by atoms with Crippen LogP contribution in [0.1, 0.15) is 0 Å². The molecule has 0 atom stereocenters. The minimum absolute atomic E-state index is 0.240. The zero-order valence-corrected chi connectivity index (χ0v) is 14.3. The van der Waals surface area contributed by atoms with Crippen molar-refractivity contribution in [2.24, 2.45) is 0 Å². The van der Waals surface area contributed by atoms with E-state index < -0.39 is 0 Å². The average molecular weight is 375 g/mol. The quantitative estimate of drug-likeness (QED) is 0.669. The molecule has 0 saturated carbocycles. The van der Waals surface area contributed by atoms with Crippen LogP contribution in [-0.4, -0.2) is 16.8 Å². The first-order valence-electron chi connectivity index (χ1n) is 7.38. The first-order chi connectivity index (χ1) is 12.2. The van der Waals surface area contributed by atoms with Gasteiger partial charge in [-0.05, 0) is 30.3 Å². The van der Waals surface area contributed by atoms with Gasteiger partial charge in [0.25, 0.3) is 0 Å². The molecule has 6 nitrogen and oxygen atoms in total. The van der Waals surface area contributed by atoms with E-state index in [-0.39, 0.29) is 6.79 Å². The summed E-state index contributed by atoms with van der Waals surface area (Å²) in [6.45, 7) is 0.240. The van der Waals surface area contributed by atoms with Crippen molar-refractivity contribution in [3.8, 4) is 11.5 Å². The third kappa shape index (κ3) is 3.55. The van der Waals surface area contributed by atoms with E-state index in [0.717, 1.165) is 17.1 Å². The summed E-state index contributed by atoms with van der Waals surface area (Å²) < 4.78 is 10.7. The third-order valence-corrected chi connectivity index (χ3v) is 4.24. The van der Waals surface area contributed by atoms with Crippen LogP contribution in [0.3, 0.4) is 0 Å². The minimum Gasteiger partial charge on any atom is -0.454 e. The predicted molar refractivity (Wildman–Crippen MR) is 97.6 cm³/mol. The SMILES string of the molecule is Clc1ccc(Nc2cc(Nc3ccc4c(c3)OCO4)ncn2)cc1Cl. The van der Waals surface area contributed by atoms with E-state index in [9.17, 15) is 0 Å². The molecule has 3 aromatic rings. The second-order valence-electron chi connectivity index (χ2n) is 5.24. The maximum Gasteiger partial charge on any atom is 0.231 e. The highest BCUT2D eigenvalue weighted by Gasteiger charge is 2.13. The van der Waals surface area contributed by atoms with Crippen LogP contribution in [0.25, 0.3) is 0 Å². The molecule has 8 heteroatoms.